The van der Waals surface area contributed by atoms with Gasteiger partial charge in [-0.25, -0.2) is 5.01 Å². The minimum absolute atomic E-state index is 0.501. The Kier molecular flexibility index (Phi) is 3.60. The predicted octanol–water partition coefficient (Wildman–Crippen LogP) is 0.340. The van der Waals surface area contributed by atoms with E-state index in [0.29, 0.717) is 30.5 Å². The van der Waals surface area contributed by atoms with E-state index in [1.54, 1.807) is 0 Å². The predicted molar refractivity (Wildman–Crippen MR) is 70.8 cm³/mol. The van der Waals surface area contributed by atoms with Crippen molar-refractivity contribution in [2.24, 2.45) is 0 Å². The first-order chi connectivity index (χ1) is 8.66. The van der Waals surface area contributed by atoms with Crippen LogP contribution >= 0.6 is 0 Å². The van der Waals surface area contributed by atoms with Crippen molar-refractivity contribution in [1.82, 2.24) is 20.7 Å². The number of rotatable bonds is 1. The van der Waals surface area contributed by atoms with Crippen molar-refractivity contribution < 1.29 is 4.74 Å². The second kappa shape index (κ2) is 5.06. The molecule has 2 N–H and O–H groups in total. The first kappa shape index (κ1) is 12.8. The number of hydrogen-bond acceptors (Lipinski definition) is 5. The smallest absolute Gasteiger partial charge is 0.0796 e. The standard InChI is InChI=1S/C13H26N4O/c1-9-6-13(17-12(15-9)4-5-14-17)16-10(2)7-18-8-11(16)3/h9-15H,4-8H2,1-3H3. The van der Waals surface area contributed by atoms with Crippen molar-refractivity contribution in [2.75, 3.05) is 19.8 Å². The third-order valence-electron chi connectivity index (χ3n) is 4.49. The Balaban J connectivity index is 1.79. The van der Waals surface area contributed by atoms with Gasteiger partial charge in [-0.15, -0.1) is 0 Å². The molecule has 18 heavy (non-hydrogen) atoms. The number of nitrogens with zero attached hydrogens (tertiary/aromatic N) is 2. The molecule has 3 aliphatic rings. The van der Waals surface area contributed by atoms with E-state index in [9.17, 15) is 0 Å². The number of nitrogens with one attached hydrogen (secondary N) is 2. The topological polar surface area (TPSA) is 39.8 Å². The molecular weight excluding hydrogens is 228 g/mol. The van der Waals surface area contributed by atoms with E-state index in [4.69, 9.17) is 4.74 Å². The molecule has 5 heteroatoms. The molecular formula is C13H26N4O. The van der Waals surface area contributed by atoms with Gasteiger partial charge >= 0.3 is 0 Å². The van der Waals surface area contributed by atoms with Crippen LogP contribution < -0.4 is 10.7 Å². The van der Waals surface area contributed by atoms with E-state index >= 15 is 0 Å². The second-order valence-corrected chi connectivity index (χ2v) is 6.09. The normalized spacial score (nSPS) is 47.2. The van der Waals surface area contributed by atoms with Crippen molar-refractivity contribution in [1.29, 1.82) is 0 Å². The Labute approximate surface area is 110 Å². The lowest BCUT2D eigenvalue weighted by molar-refractivity contribution is -0.131. The van der Waals surface area contributed by atoms with Gasteiger partial charge in [0.2, 0.25) is 0 Å². The van der Waals surface area contributed by atoms with Gasteiger partial charge in [0.1, 0.15) is 0 Å². The molecule has 3 saturated heterocycles. The third-order valence-corrected chi connectivity index (χ3v) is 4.49. The van der Waals surface area contributed by atoms with E-state index in [1.807, 2.05) is 0 Å². The maximum Gasteiger partial charge on any atom is 0.0796 e. The number of hydrazine groups is 1. The van der Waals surface area contributed by atoms with E-state index < -0.39 is 0 Å². The summed E-state index contributed by atoms with van der Waals surface area (Å²) >= 11 is 0. The Hall–Kier alpha value is -0.200. The van der Waals surface area contributed by atoms with Crippen molar-refractivity contribution in [3.8, 4) is 0 Å². The van der Waals surface area contributed by atoms with Gasteiger partial charge in [-0.1, -0.05) is 0 Å². The van der Waals surface area contributed by atoms with Crippen LogP contribution in [0.5, 0.6) is 0 Å². The largest absolute Gasteiger partial charge is 0.378 e. The molecule has 0 aromatic carbocycles. The van der Waals surface area contributed by atoms with Crippen LogP contribution in [0.15, 0.2) is 0 Å². The van der Waals surface area contributed by atoms with Gasteiger partial charge in [-0.2, -0.15) is 0 Å². The summed E-state index contributed by atoms with van der Waals surface area (Å²) in [6.07, 6.45) is 3.38. The zero-order chi connectivity index (χ0) is 12.7. The van der Waals surface area contributed by atoms with Crippen LogP contribution in [0.1, 0.15) is 33.6 Å². The van der Waals surface area contributed by atoms with Crippen LogP contribution in [-0.4, -0.2) is 60.1 Å². The van der Waals surface area contributed by atoms with E-state index in [2.05, 4.69) is 41.4 Å². The molecule has 104 valence electrons. The van der Waals surface area contributed by atoms with Gasteiger partial charge in [-0.3, -0.25) is 15.6 Å². The van der Waals surface area contributed by atoms with E-state index in [-0.39, 0.29) is 0 Å². The monoisotopic (exact) mass is 254 g/mol. The molecule has 5 unspecified atom stereocenters. The molecule has 5 nitrogen and oxygen atoms in total. The molecule has 0 spiro atoms. The highest BCUT2D eigenvalue weighted by Crippen LogP contribution is 2.28. The summed E-state index contributed by atoms with van der Waals surface area (Å²) in [6, 6.07) is 1.61. The fourth-order valence-corrected chi connectivity index (χ4v) is 3.75. The van der Waals surface area contributed by atoms with Crippen LogP contribution in [-0.2, 0) is 4.74 Å². The average molecular weight is 254 g/mol. The summed E-state index contributed by atoms with van der Waals surface area (Å²) in [5.41, 5.74) is 3.56. The van der Waals surface area contributed by atoms with Crippen molar-refractivity contribution in [3.05, 3.63) is 0 Å². The lowest BCUT2D eigenvalue weighted by Crippen LogP contribution is -2.68. The molecule has 0 saturated carbocycles. The first-order valence-corrected chi connectivity index (χ1v) is 7.30. The van der Waals surface area contributed by atoms with Crippen molar-refractivity contribution in [3.63, 3.8) is 0 Å². The Bertz CT molecular complexity index is 291. The van der Waals surface area contributed by atoms with Gasteiger partial charge in [0.05, 0.1) is 25.5 Å². The minimum atomic E-state index is 0.501. The van der Waals surface area contributed by atoms with Gasteiger partial charge in [0, 0.05) is 24.7 Å². The maximum atomic E-state index is 5.66. The van der Waals surface area contributed by atoms with Crippen molar-refractivity contribution >= 4 is 0 Å². The molecule has 3 heterocycles. The van der Waals surface area contributed by atoms with E-state index in [0.717, 1.165) is 19.8 Å². The lowest BCUT2D eigenvalue weighted by atomic mass is 10.0. The molecule has 5 atom stereocenters. The molecule has 0 radical (unpaired) electrons. The quantitative estimate of drug-likeness (QED) is 0.706. The van der Waals surface area contributed by atoms with Gasteiger partial charge in [0.15, 0.2) is 0 Å². The number of hydrogen-bond donors (Lipinski definition) is 2. The summed E-state index contributed by atoms with van der Waals surface area (Å²) in [4.78, 5) is 2.64. The highest BCUT2D eigenvalue weighted by Gasteiger charge is 2.43. The highest BCUT2D eigenvalue weighted by molar-refractivity contribution is 4.93. The van der Waals surface area contributed by atoms with E-state index in [1.165, 1.54) is 12.8 Å². The second-order valence-electron chi connectivity index (χ2n) is 6.09. The van der Waals surface area contributed by atoms with Crippen LogP contribution in [0.2, 0.25) is 0 Å². The summed E-state index contributed by atoms with van der Waals surface area (Å²) < 4.78 is 5.66. The number of ether oxygens (including phenoxy) is 1. The molecule has 3 aliphatic heterocycles. The molecule has 0 amide bonds. The summed E-state index contributed by atoms with van der Waals surface area (Å²) in [5.74, 6) is 0. The number of fused-ring (bicyclic) bond motifs is 1. The molecule has 0 aromatic heterocycles. The Morgan fingerprint density at radius 2 is 1.83 bits per heavy atom. The Morgan fingerprint density at radius 1 is 1.11 bits per heavy atom. The van der Waals surface area contributed by atoms with Gasteiger partial charge < -0.3 is 4.74 Å². The van der Waals surface area contributed by atoms with Crippen molar-refractivity contribution in [2.45, 2.75) is 64.1 Å². The average Bonchev–Trinajstić information content (AvgIpc) is 2.76. The van der Waals surface area contributed by atoms with Crippen LogP contribution in [0.25, 0.3) is 0 Å². The van der Waals surface area contributed by atoms with Gasteiger partial charge in [-0.05, 0) is 33.6 Å². The summed E-state index contributed by atoms with van der Waals surface area (Å²) in [6.45, 7) is 9.69. The Morgan fingerprint density at radius 3 is 2.56 bits per heavy atom. The maximum absolute atomic E-state index is 5.66. The zero-order valence-corrected chi connectivity index (χ0v) is 11.7. The first-order valence-electron chi connectivity index (χ1n) is 7.30. The fourth-order valence-electron chi connectivity index (χ4n) is 3.75. The zero-order valence-electron chi connectivity index (χ0n) is 11.7. The fraction of sp³-hybridized carbons (Fsp3) is 1.00. The SMILES string of the molecule is CC1CC(N2C(C)COCC2C)N2NCCC2N1. The molecule has 3 rings (SSSR count). The highest BCUT2D eigenvalue weighted by atomic mass is 16.5. The molecule has 3 fully saturated rings. The third kappa shape index (κ3) is 2.18. The summed E-state index contributed by atoms with van der Waals surface area (Å²) in [5, 5.41) is 6.13. The molecule has 0 aliphatic carbocycles. The van der Waals surface area contributed by atoms with Crippen LogP contribution in [0, 0.1) is 0 Å². The minimum Gasteiger partial charge on any atom is -0.378 e. The molecule has 0 aromatic rings. The lowest BCUT2D eigenvalue weighted by Gasteiger charge is -2.51. The van der Waals surface area contributed by atoms with Crippen LogP contribution in [0.4, 0.5) is 0 Å². The van der Waals surface area contributed by atoms with Gasteiger partial charge in [0.25, 0.3) is 0 Å². The number of morpholine rings is 1. The summed E-state index contributed by atoms with van der Waals surface area (Å²) in [7, 11) is 0. The van der Waals surface area contributed by atoms with Crippen LogP contribution in [0.3, 0.4) is 0 Å². The molecule has 0 bridgehead atoms.